The van der Waals surface area contributed by atoms with Crippen molar-refractivity contribution in [3.05, 3.63) is 29.5 Å². The van der Waals surface area contributed by atoms with Gasteiger partial charge in [0.05, 0.1) is 44.0 Å². The van der Waals surface area contributed by atoms with Crippen molar-refractivity contribution in [3.63, 3.8) is 0 Å². The minimum atomic E-state index is -3.35. The van der Waals surface area contributed by atoms with Crippen LogP contribution < -0.4 is 14.4 Å². The highest BCUT2D eigenvalue weighted by atomic mass is 32.2. The first kappa shape index (κ1) is 23.8. The van der Waals surface area contributed by atoms with Crippen molar-refractivity contribution in [1.29, 1.82) is 0 Å². The number of hydrogen-bond donors (Lipinski definition) is 1. The summed E-state index contributed by atoms with van der Waals surface area (Å²) in [6.45, 7) is 3.77. The molecule has 4 rings (SSSR count). The molecule has 2 aliphatic heterocycles. The van der Waals surface area contributed by atoms with Gasteiger partial charge in [-0.2, -0.15) is 14.5 Å². The van der Waals surface area contributed by atoms with Crippen LogP contribution in [0.4, 0.5) is 10.3 Å². The second kappa shape index (κ2) is 9.90. The molecule has 2 unspecified atom stereocenters. The Labute approximate surface area is 193 Å². The molecule has 0 aromatic carbocycles. The van der Waals surface area contributed by atoms with Crippen LogP contribution in [0.2, 0.25) is 0 Å². The van der Waals surface area contributed by atoms with E-state index >= 15 is 0 Å². The van der Waals surface area contributed by atoms with Gasteiger partial charge in [-0.25, -0.2) is 18.1 Å². The van der Waals surface area contributed by atoms with Crippen LogP contribution in [0.15, 0.2) is 12.3 Å². The predicted molar refractivity (Wildman–Crippen MR) is 120 cm³/mol. The zero-order chi connectivity index (χ0) is 23.6. The fourth-order valence-corrected chi connectivity index (χ4v) is 5.32. The Morgan fingerprint density at radius 1 is 1.27 bits per heavy atom. The molecule has 1 saturated heterocycles. The van der Waals surface area contributed by atoms with E-state index in [0.717, 1.165) is 43.3 Å². The number of sulfonamides is 1. The summed E-state index contributed by atoms with van der Waals surface area (Å²) in [7, 11) is -1.98. The third-order valence-electron chi connectivity index (χ3n) is 6.20. The summed E-state index contributed by atoms with van der Waals surface area (Å²) in [5, 5.41) is 4.70. The number of fused-ring (bicyclic) bond motifs is 1. The van der Waals surface area contributed by atoms with Crippen LogP contribution in [0.3, 0.4) is 0 Å². The summed E-state index contributed by atoms with van der Waals surface area (Å²) in [5.41, 5.74) is 2.11. The van der Waals surface area contributed by atoms with E-state index in [-0.39, 0.29) is 24.1 Å². The molecule has 1 fully saturated rings. The van der Waals surface area contributed by atoms with Crippen molar-refractivity contribution in [3.8, 4) is 5.88 Å². The Hall–Kier alpha value is -2.31. The molecule has 2 aliphatic rings. The Balaban J connectivity index is 1.39. The summed E-state index contributed by atoms with van der Waals surface area (Å²) in [4.78, 5) is 10.2. The maximum Gasteiger partial charge on any atom is 0.255 e. The van der Waals surface area contributed by atoms with Crippen molar-refractivity contribution < 1.29 is 22.3 Å². The second-order valence-electron chi connectivity index (χ2n) is 8.57. The molecule has 33 heavy (non-hydrogen) atoms. The van der Waals surface area contributed by atoms with Gasteiger partial charge >= 0.3 is 0 Å². The summed E-state index contributed by atoms with van der Waals surface area (Å²) < 4.78 is 53.4. The third kappa shape index (κ3) is 5.61. The average Bonchev–Trinajstić information content (AvgIpc) is 3.22. The molecule has 4 heterocycles. The Morgan fingerprint density at radius 3 is 2.70 bits per heavy atom. The Morgan fingerprint density at radius 2 is 2.03 bits per heavy atom. The van der Waals surface area contributed by atoms with Crippen molar-refractivity contribution >= 4 is 16.0 Å². The van der Waals surface area contributed by atoms with Crippen LogP contribution in [0.5, 0.6) is 5.88 Å². The van der Waals surface area contributed by atoms with Crippen LogP contribution in [0.25, 0.3) is 0 Å². The van der Waals surface area contributed by atoms with Crippen LogP contribution in [-0.2, 0) is 27.6 Å². The highest BCUT2D eigenvalue weighted by Gasteiger charge is 2.34. The molecule has 0 spiro atoms. The number of aromatic nitrogens is 4. The normalized spacial score (nSPS) is 21.8. The number of hydrogen-bond acceptors (Lipinski definition) is 8. The fraction of sp³-hybridized carbons (Fsp3) is 0.667. The number of methoxy groups -OCH3 is 1. The molecular formula is C21H31FN6O4S. The van der Waals surface area contributed by atoms with Gasteiger partial charge in [-0.3, -0.25) is 4.68 Å². The SMILES string of the molecule is CCc1cc2n(n1)C(COC1CCN(c3ncc(F)c(OC)n3)CC1)C(NS(C)(=O)=O)CC2. The van der Waals surface area contributed by atoms with Crippen molar-refractivity contribution in [2.45, 2.75) is 57.2 Å². The summed E-state index contributed by atoms with van der Waals surface area (Å²) in [6.07, 6.45) is 6.14. The van der Waals surface area contributed by atoms with Gasteiger partial charge in [-0.05, 0) is 38.2 Å². The summed E-state index contributed by atoms with van der Waals surface area (Å²) >= 11 is 0. The lowest BCUT2D eigenvalue weighted by atomic mass is 9.98. The zero-order valence-corrected chi connectivity index (χ0v) is 20.0. The predicted octanol–water partition coefficient (Wildman–Crippen LogP) is 1.47. The van der Waals surface area contributed by atoms with E-state index < -0.39 is 15.8 Å². The number of ether oxygens (including phenoxy) is 2. The quantitative estimate of drug-likeness (QED) is 0.602. The van der Waals surface area contributed by atoms with Crippen molar-refractivity contribution in [1.82, 2.24) is 24.5 Å². The third-order valence-corrected chi connectivity index (χ3v) is 6.93. The molecule has 2 atom stereocenters. The molecule has 0 saturated carbocycles. The van der Waals surface area contributed by atoms with Gasteiger partial charge in [0.15, 0.2) is 0 Å². The highest BCUT2D eigenvalue weighted by molar-refractivity contribution is 7.88. The molecular weight excluding hydrogens is 451 g/mol. The number of nitrogens with one attached hydrogen (secondary N) is 1. The summed E-state index contributed by atoms with van der Waals surface area (Å²) in [5.74, 6) is -0.223. The average molecular weight is 483 g/mol. The molecule has 1 N–H and O–H groups in total. The van der Waals surface area contributed by atoms with E-state index in [0.29, 0.717) is 32.1 Å². The first-order valence-electron chi connectivity index (χ1n) is 11.2. The first-order valence-corrected chi connectivity index (χ1v) is 13.1. The largest absolute Gasteiger partial charge is 0.479 e. The van der Waals surface area contributed by atoms with E-state index in [9.17, 15) is 12.8 Å². The zero-order valence-electron chi connectivity index (χ0n) is 19.2. The van der Waals surface area contributed by atoms with Gasteiger partial charge < -0.3 is 14.4 Å². The molecule has 0 bridgehead atoms. The number of anilines is 1. The van der Waals surface area contributed by atoms with E-state index in [1.165, 1.54) is 13.4 Å². The lowest BCUT2D eigenvalue weighted by molar-refractivity contribution is 0.00598. The molecule has 2 aromatic heterocycles. The number of rotatable bonds is 8. The molecule has 0 amide bonds. The Kier molecular flexibility index (Phi) is 7.15. The Bertz CT molecular complexity index is 1070. The lowest BCUT2D eigenvalue weighted by Crippen LogP contribution is -2.47. The van der Waals surface area contributed by atoms with Crippen LogP contribution in [0, 0.1) is 5.82 Å². The molecule has 182 valence electrons. The van der Waals surface area contributed by atoms with E-state index in [1.54, 1.807) is 0 Å². The minimum Gasteiger partial charge on any atom is -0.479 e. The van der Waals surface area contributed by atoms with Gasteiger partial charge in [0.1, 0.15) is 0 Å². The highest BCUT2D eigenvalue weighted by Crippen LogP contribution is 2.28. The number of halogens is 1. The maximum absolute atomic E-state index is 13.6. The van der Waals surface area contributed by atoms with Crippen LogP contribution in [0.1, 0.15) is 43.6 Å². The van der Waals surface area contributed by atoms with Gasteiger partial charge in [-0.1, -0.05) is 6.92 Å². The number of nitrogens with zero attached hydrogens (tertiary/aromatic N) is 5. The summed E-state index contributed by atoms with van der Waals surface area (Å²) in [6, 6.07) is 1.63. The standard InChI is InChI=1S/C21H31FN6O4S/c1-4-14-11-15-5-6-18(26-33(3,29)30)19(28(15)25-14)13-32-16-7-9-27(10-8-16)21-23-12-17(22)20(24-21)31-2/h11-12,16,18-19,26H,4-10,13H2,1-3H3. The molecule has 0 radical (unpaired) electrons. The van der Waals surface area contributed by atoms with Crippen molar-refractivity contribution in [2.24, 2.45) is 0 Å². The molecule has 10 nitrogen and oxygen atoms in total. The minimum absolute atomic E-state index is 0.0223. The van der Waals surface area contributed by atoms with Crippen LogP contribution >= 0.6 is 0 Å². The van der Waals surface area contributed by atoms with E-state index in [1.807, 2.05) is 9.58 Å². The fourth-order valence-electron chi connectivity index (χ4n) is 4.50. The van der Waals surface area contributed by atoms with Gasteiger partial charge in [0, 0.05) is 24.8 Å². The van der Waals surface area contributed by atoms with Gasteiger partial charge in [0.25, 0.3) is 5.88 Å². The number of aryl methyl sites for hydroxylation is 2. The topological polar surface area (TPSA) is 111 Å². The van der Waals surface area contributed by atoms with E-state index in [4.69, 9.17) is 14.6 Å². The van der Waals surface area contributed by atoms with E-state index in [2.05, 4.69) is 27.7 Å². The van der Waals surface area contributed by atoms with Crippen LogP contribution in [-0.4, -0.2) is 73.4 Å². The molecule has 0 aliphatic carbocycles. The van der Waals surface area contributed by atoms with Gasteiger partial charge in [0.2, 0.25) is 21.8 Å². The number of piperidine rings is 1. The second-order valence-corrected chi connectivity index (χ2v) is 10.4. The molecule has 2 aromatic rings. The lowest BCUT2D eigenvalue weighted by Gasteiger charge is -2.36. The monoisotopic (exact) mass is 482 g/mol. The first-order chi connectivity index (χ1) is 15.8. The maximum atomic E-state index is 13.6. The smallest absolute Gasteiger partial charge is 0.255 e. The molecule has 12 heteroatoms. The van der Waals surface area contributed by atoms with Crippen molar-refractivity contribution in [2.75, 3.05) is 38.0 Å². The van der Waals surface area contributed by atoms with Gasteiger partial charge in [-0.15, -0.1) is 0 Å².